The molecule has 2 atom stereocenters. The molecule has 0 fully saturated rings. The number of hydrogen-bond donors (Lipinski definition) is 2. The van der Waals surface area contributed by atoms with E-state index in [0.717, 1.165) is 31.0 Å². The van der Waals surface area contributed by atoms with Gasteiger partial charge in [-0.15, -0.1) is 0 Å². The van der Waals surface area contributed by atoms with Crippen LogP contribution >= 0.6 is 0 Å². The molecule has 1 aliphatic rings. The van der Waals surface area contributed by atoms with Crippen LogP contribution in [0, 0.1) is 5.92 Å². The van der Waals surface area contributed by atoms with Crippen LogP contribution in [0.25, 0.3) is 0 Å². The average molecular weight is 300 g/mol. The van der Waals surface area contributed by atoms with Gasteiger partial charge in [0, 0.05) is 18.2 Å². The van der Waals surface area contributed by atoms with E-state index in [9.17, 15) is 4.79 Å². The number of carbonyl (C=O) groups excluding carboxylic acids is 1. The van der Waals surface area contributed by atoms with Gasteiger partial charge in [0.15, 0.2) is 0 Å². The molecule has 1 aromatic carbocycles. The number of allylic oxidation sites excluding steroid dienone is 2. The lowest BCUT2D eigenvalue weighted by molar-refractivity contribution is 0.0939. The summed E-state index contributed by atoms with van der Waals surface area (Å²) >= 11 is 0. The van der Waals surface area contributed by atoms with Gasteiger partial charge in [0.2, 0.25) is 0 Å². The molecule has 2 rings (SSSR count). The van der Waals surface area contributed by atoms with Crippen molar-refractivity contribution in [3.63, 3.8) is 0 Å². The summed E-state index contributed by atoms with van der Waals surface area (Å²) in [6, 6.07) is 8.13. The predicted molar refractivity (Wildman–Crippen MR) is 91.8 cm³/mol. The van der Waals surface area contributed by atoms with Crippen LogP contribution < -0.4 is 10.6 Å². The lowest BCUT2D eigenvalue weighted by atomic mass is 9.94. The molecule has 3 nitrogen and oxygen atoms in total. The monoisotopic (exact) mass is 300 g/mol. The normalized spacial score (nSPS) is 18.9. The van der Waals surface area contributed by atoms with Crippen molar-refractivity contribution in [3.05, 3.63) is 47.5 Å². The van der Waals surface area contributed by atoms with Crippen LogP contribution in [0.3, 0.4) is 0 Å². The van der Waals surface area contributed by atoms with Crippen LogP contribution in [0.15, 0.2) is 36.4 Å². The highest BCUT2D eigenvalue weighted by molar-refractivity contribution is 5.94. The molecular formula is C19H28N2O. The maximum Gasteiger partial charge on any atom is 0.251 e. The van der Waals surface area contributed by atoms with Crippen molar-refractivity contribution in [1.82, 2.24) is 10.6 Å². The fraction of sp³-hybridized carbons (Fsp3) is 0.526. The fourth-order valence-electron chi connectivity index (χ4n) is 2.69. The molecule has 2 unspecified atom stereocenters. The quantitative estimate of drug-likeness (QED) is 0.755. The molecule has 3 heteroatoms. The second kappa shape index (κ2) is 8.74. The van der Waals surface area contributed by atoms with E-state index in [1.54, 1.807) is 0 Å². The highest BCUT2D eigenvalue weighted by Gasteiger charge is 2.10. The van der Waals surface area contributed by atoms with E-state index in [4.69, 9.17) is 0 Å². The van der Waals surface area contributed by atoms with Gasteiger partial charge in [0.1, 0.15) is 0 Å². The number of hydrogen-bond acceptors (Lipinski definition) is 2. The zero-order chi connectivity index (χ0) is 15.8. The van der Waals surface area contributed by atoms with Gasteiger partial charge in [-0.3, -0.25) is 4.79 Å². The molecule has 0 aliphatic heterocycles. The molecule has 1 aliphatic carbocycles. The minimum absolute atomic E-state index is 0.0219. The Hall–Kier alpha value is -1.61. The van der Waals surface area contributed by atoms with E-state index in [0.29, 0.717) is 0 Å². The van der Waals surface area contributed by atoms with Gasteiger partial charge in [-0.1, -0.05) is 31.2 Å². The van der Waals surface area contributed by atoms with Crippen LogP contribution in [0.4, 0.5) is 0 Å². The van der Waals surface area contributed by atoms with Gasteiger partial charge in [-0.25, -0.2) is 0 Å². The number of rotatable bonds is 7. The highest BCUT2D eigenvalue weighted by Crippen LogP contribution is 2.17. The van der Waals surface area contributed by atoms with Crippen molar-refractivity contribution in [1.29, 1.82) is 0 Å². The molecule has 120 valence electrons. The van der Waals surface area contributed by atoms with Crippen molar-refractivity contribution in [3.8, 4) is 0 Å². The first kappa shape index (κ1) is 16.8. The Morgan fingerprint density at radius 1 is 1.36 bits per heavy atom. The smallest absolute Gasteiger partial charge is 0.251 e. The summed E-state index contributed by atoms with van der Waals surface area (Å²) in [5.74, 6) is 0.774. The highest BCUT2D eigenvalue weighted by atomic mass is 16.1. The van der Waals surface area contributed by atoms with Crippen molar-refractivity contribution in [2.24, 2.45) is 5.92 Å². The molecule has 1 aromatic rings. The lowest BCUT2D eigenvalue weighted by Crippen LogP contribution is -2.32. The van der Waals surface area contributed by atoms with Crippen molar-refractivity contribution in [2.75, 3.05) is 6.54 Å². The van der Waals surface area contributed by atoms with Gasteiger partial charge in [-0.2, -0.15) is 0 Å². The summed E-state index contributed by atoms with van der Waals surface area (Å²) in [5, 5.41) is 6.54. The van der Waals surface area contributed by atoms with Gasteiger partial charge in [0.25, 0.3) is 5.91 Å². The summed E-state index contributed by atoms with van der Waals surface area (Å²) in [6.07, 6.45) is 9.18. The fourth-order valence-corrected chi connectivity index (χ4v) is 2.69. The Labute approximate surface area is 134 Å². The Kier molecular flexibility index (Phi) is 6.66. The SMILES string of the molecule is CCC(C)NC(=O)c1cccc(CNCC2CC=CCC2)c1. The van der Waals surface area contributed by atoms with Crippen LogP contribution in [0.2, 0.25) is 0 Å². The van der Waals surface area contributed by atoms with Gasteiger partial charge >= 0.3 is 0 Å². The molecule has 0 spiro atoms. The Morgan fingerprint density at radius 3 is 2.95 bits per heavy atom. The largest absolute Gasteiger partial charge is 0.350 e. The van der Waals surface area contributed by atoms with E-state index >= 15 is 0 Å². The standard InChI is InChI=1S/C19H28N2O/c1-3-15(2)21-19(22)18-11-7-10-17(12-18)14-20-13-16-8-5-4-6-9-16/h4-5,7,10-12,15-16,20H,3,6,8-9,13-14H2,1-2H3,(H,21,22). The third kappa shape index (κ3) is 5.30. The summed E-state index contributed by atoms with van der Waals surface area (Å²) < 4.78 is 0. The van der Waals surface area contributed by atoms with E-state index in [-0.39, 0.29) is 11.9 Å². The van der Waals surface area contributed by atoms with E-state index in [1.165, 1.54) is 24.8 Å². The zero-order valence-corrected chi connectivity index (χ0v) is 13.8. The first-order valence-corrected chi connectivity index (χ1v) is 8.44. The van der Waals surface area contributed by atoms with Crippen molar-refractivity contribution in [2.45, 2.75) is 52.1 Å². The maximum absolute atomic E-state index is 12.1. The minimum atomic E-state index is 0.0219. The number of amides is 1. The third-order valence-electron chi connectivity index (χ3n) is 4.32. The summed E-state index contributed by atoms with van der Waals surface area (Å²) in [5.41, 5.74) is 1.92. The van der Waals surface area contributed by atoms with Crippen LogP contribution in [0.5, 0.6) is 0 Å². The Morgan fingerprint density at radius 2 is 2.23 bits per heavy atom. The maximum atomic E-state index is 12.1. The summed E-state index contributed by atoms with van der Waals surface area (Å²) in [4.78, 5) is 12.1. The van der Waals surface area contributed by atoms with Crippen LogP contribution in [-0.2, 0) is 6.54 Å². The molecular weight excluding hydrogens is 272 g/mol. The van der Waals surface area contributed by atoms with Crippen LogP contribution in [0.1, 0.15) is 55.5 Å². The average Bonchev–Trinajstić information content (AvgIpc) is 2.56. The second-order valence-corrected chi connectivity index (χ2v) is 6.26. The number of nitrogens with one attached hydrogen (secondary N) is 2. The first-order chi connectivity index (χ1) is 10.7. The Bertz CT molecular complexity index is 510. The van der Waals surface area contributed by atoms with Crippen LogP contribution in [-0.4, -0.2) is 18.5 Å². The predicted octanol–water partition coefficient (Wildman–Crippen LogP) is 3.66. The molecule has 0 heterocycles. The molecule has 1 amide bonds. The number of carbonyl (C=O) groups is 1. The van der Waals surface area contributed by atoms with E-state index < -0.39 is 0 Å². The van der Waals surface area contributed by atoms with E-state index in [1.807, 2.05) is 25.1 Å². The molecule has 0 aromatic heterocycles. The van der Waals surface area contributed by atoms with Gasteiger partial charge in [-0.05, 0) is 62.8 Å². The third-order valence-corrected chi connectivity index (χ3v) is 4.32. The topological polar surface area (TPSA) is 41.1 Å². The van der Waals surface area contributed by atoms with Gasteiger partial charge in [0.05, 0.1) is 0 Å². The summed E-state index contributed by atoms with van der Waals surface area (Å²) in [7, 11) is 0. The molecule has 2 N–H and O–H groups in total. The zero-order valence-electron chi connectivity index (χ0n) is 13.8. The van der Waals surface area contributed by atoms with E-state index in [2.05, 4.69) is 35.8 Å². The molecule has 0 saturated heterocycles. The van der Waals surface area contributed by atoms with Crippen molar-refractivity contribution >= 4 is 5.91 Å². The van der Waals surface area contributed by atoms with Gasteiger partial charge < -0.3 is 10.6 Å². The Balaban J connectivity index is 1.83. The molecule has 0 radical (unpaired) electrons. The minimum Gasteiger partial charge on any atom is -0.350 e. The molecule has 0 saturated carbocycles. The molecule has 22 heavy (non-hydrogen) atoms. The molecule has 0 bridgehead atoms. The first-order valence-electron chi connectivity index (χ1n) is 8.44. The number of benzene rings is 1. The summed E-state index contributed by atoms with van der Waals surface area (Å²) in [6.45, 7) is 5.98. The van der Waals surface area contributed by atoms with Crippen molar-refractivity contribution < 1.29 is 4.79 Å². The second-order valence-electron chi connectivity index (χ2n) is 6.26. The lowest BCUT2D eigenvalue weighted by Gasteiger charge is -2.18.